The molecule has 0 spiro atoms. The van der Waals surface area contributed by atoms with Gasteiger partial charge in [0.15, 0.2) is 0 Å². The Morgan fingerprint density at radius 2 is 0.702 bits per heavy atom. The lowest BCUT2D eigenvalue weighted by Crippen LogP contribution is -2.16. The maximum Gasteiger partial charge on any atom is 0.0543 e. The van der Waals surface area contributed by atoms with Crippen LogP contribution in [0.15, 0.2) is 360 Å². The molecule has 492 valence electrons. The summed E-state index contributed by atoms with van der Waals surface area (Å²) in [6, 6.07) is 131. The van der Waals surface area contributed by atoms with Crippen molar-refractivity contribution in [3.63, 3.8) is 0 Å². The average Bonchev–Trinajstić information content (AvgIpc) is 1.57. The van der Waals surface area contributed by atoms with Gasteiger partial charge in [-0.25, -0.2) is 0 Å². The van der Waals surface area contributed by atoms with Crippen molar-refractivity contribution in [2.24, 2.45) is 0 Å². The van der Waals surface area contributed by atoms with Crippen LogP contribution in [0.2, 0.25) is 0 Å². The standard InChI is InChI=1S/C100H70N2S2/c1-99(2)85-23-11-7-19-81(85)97-87(99)25-15-27-89(97)101(74-45-35-63(36-46-74)67-32-31-62-17-5-6-18-66(62)57-67)75-47-37-65(38-48-75)69-42-53-80-72(59-69)44-56-94-96(80)84-22-10-14-30-93(84)104(94)78-52-41-70-58-68(33-34-71(70)61-78)64-39-49-76(50-40-64)102(90-28-16-26-88-98(90)82-20-8-12-24-86(82)100(88,3)4)77-51-54-79-73(60-77)43-55-92-95(79)83-21-9-13-29-91(83)103-92/h5-61,104H,1-4H3. The summed E-state index contributed by atoms with van der Waals surface area (Å²) in [5.74, 6) is 0. The highest BCUT2D eigenvalue weighted by Gasteiger charge is 2.40. The second-order valence-electron chi connectivity index (χ2n) is 29.6. The van der Waals surface area contributed by atoms with Gasteiger partial charge in [0.25, 0.3) is 0 Å². The molecule has 0 radical (unpaired) electrons. The Balaban J connectivity index is 0.594. The Labute approximate surface area is 613 Å². The largest absolute Gasteiger partial charge is 0.310 e. The molecule has 2 nitrogen and oxygen atoms in total. The molecule has 3 aliphatic rings. The minimum Gasteiger partial charge on any atom is -0.310 e. The minimum absolute atomic E-state index is 0.129. The van der Waals surface area contributed by atoms with E-state index >= 15 is 0 Å². The molecule has 0 N–H and O–H groups in total. The summed E-state index contributed by atoms with van der Waals surface area (Å²) >= 11 is 1.88. The van der Waals surface area contributed by atoms with Crippen LogP contribution in [-0.2, 0) is 10.8 Å². The molecule has 2 heterocycles. The topological polar surface area (TPSA) is 6.48 Å². The van der Waals surface area contributed by atoms with Crippen molar-refractivity contribution in [2.45, 2.75) is 53.2 Å². The molecule has 0 amide bonds. The first-order valence-electron chi connectivity index (χ1n) is 36.3. The van der Waals surface area contributed by atoms with E-state index in [1.165, 1.54) is 178 Å². The summed E-state index contributed by atoms with van der Waals surface area (Å²) in [5.41, 5.74) is 27.2. The SMILES string of the molecule is CC1(C)c2ccccc2-c2c(N(c3ccc(-c4ccc5ccccc5c4)cc3)c3ccc(-c4ccc5c6c(ccc5c4)[SH](c4ccc5cc(-c7ccc(N(c8ccc9c(ccc%10sc%11ccccc%11c%109)c8)c8cccc9c8-c8ccccc8C9(C)C)cc7)ccc5c4)c4ccccc4-6)cc3)cccc21. The van der Waals surface area contributed by atoms with Gasteiger partial charge in [-0.1, -0.05) is 258 Å². The Kier molecular flexibility index (Phi) is 13.6. The zero-order chi connectivity index (χ0) is 69.1. The number of thiophene rings is 1. The molecule has 18 aromatic rings. The number of thiol groups is 1. The lowest BCUT2D eigenvalue weighted by Gasteiger charge is -2.29. The summed E-state index contributed by atoms with van der Waals surface area (Å²) in [4.78, 5) is 9.18. The van der Waals surface area contributed by atoms with E-state index in [1.807, 2.05) is 11.3 Å². The highest BCUT2D eigenvalue weighted by atomic mass is 32.2. The third-order valence-corrected chi connectivity index (χ3v) is 26.8. The molecule has 1 unspecified atom stereocenters. The van der Waals surface area contributed by atoms with Crippen molar-refractivity contribution in [3.05, 3.63) is 368 Å². The van der Waals surface area contributed by atoms with E-state index < -0.39 is 10.9 Å². The normalized spacial score (nSPS) is 14.6. The van der Waals surface area contributed by atoms with Gasteiger partial charge in [-0.3, -0.25) is 0 Å². The van der Waals surface area contributed by atoms with Crippen molar-refractivity contribution in [1.82, 2.24) is 0 Å². The first kappa shape index (κ1) is 60.7. The second kappa shape index (κ2) is 23.2. The van der Waals surface area contributed by atoms with Crippen LogP contribution in [-0.4, -0.2) is 0 Å². The summed E-state index contributed by atoms with van der Waals surface area (Å²) in [5, 5.41) is 12.7. The summed E-state index contributed by atoms with van der Waals surface area (Å²) in [6.45, 7) is 9.48. The molecule has 0 saturated carbocycles. The predicted molar refractivity (Wildman–Crippen MR) is 446 cm³/mol. The highest BCUT2D eigenvalue weighted by molar-refractivity contribution is 8.17. The van der Waals surface area contributed by atoms with Gasteiger partial charge in [-0.15, -0.1) is 11.3 Å². The summed E-state index contributed by atoms with van der Waals surface area (Å²) in [6.07, 6.45) is 0. The maximum atomic E-state index is 2.50. The van der Waals surface area contributed by atoms with Gasteiger partial charge in [0.05, 0.1) is 11.4 Å². The average molecular weight is 1360 g/mol. The third kappa shape index (κ3) is 9.35. The first-order valence-corrected chi connectivity index (χ1v) is 38.4. The zero-order valence-corrected chi connectivity index (χ0v) is 59.9. The molecule has 2 aliphatic carbocycles. The van der Waals surface area contributed by atoms with Crippen LogP contribution in [0.25, 0.3) is 130 Å². The lowest BCUT2D eigenvalue weighted by atomic mass is 9.82. The summed E-state index contributed by atoms with van der Waals surface area (Å²) < 4.78 is 2.65. The van der Waals surface area contributed by atoms with Gasteiger partial charge in [-0.05, 0) is 236 Å². The van der Waals surface area contributed by atoms with E-state index in [4.69, 9.17) is 0 Å². The quantitative estimate of drug-likeness (QED) is 0.136. The first-order chi connectivity index (χ1) is 51.1. The third-order valence-electron chi connectivity index (χ3n) is 23.1. The fourth-order valence-electron chi connectivity index (χ4n) is 18.0. The molecule has 0 fully saturated rings. The Hall–Kier alpha value is -12.1. The minimum atomic E-state index is -0.815. The number of hydrogen-bond acceptors (Lipinski definition) is 3. The van der Waals surface area contributed by atoms with E-state index in [-0.39, 0.29) is 10.8 Å². The Morgan fingerprint density at radius 3 is 1.35 bits per heavy atom. The zero-order valence-electron chi connectivity index (χ0n) is 58.2. The molecular weight excluding hydrogens is 1290 g/mol. The molecule has 17 aromatic carbocycles. The Bertz CT molecular complexity index is 6610. The maximum absolute atomic E-state index is 2.50. The molecule has 1 atom stereocenters. The molecule has 1 aromatic heterocycles. The van der Waals surface area contributed by atoms with E-state index in [1.54, 1.807) is 0 Å². The fourth-order valence-corrected chi connectivity index (χ4v) is 21.7. The summed E-state index contributed by atoms with van der Waals surface area (Å²) in [7, 11) is -0.815. The van der Waals surface area contributed by atoms with Crippen LogP contribution in [0.5, 0.6) is 0 Å². The van der Waals surface area contributed by atoms with Crippen molar-refractivity contribution >= 4 is 120 Å². The van der Waals surface area contributed by atoms with E-state index in [0.717, 1.165) is 22.7 Å². The van der Waals surface area contributed by atoms with Crippen molar-refractivity contribution in [2.75, 3.05) is 9.80 Å². The van der Waals surface area contributed by atoms with Gasteiger partial charge in [-0.2, -0.15) is 10.9 Å². The second-order valence-corrected chi connectivity index (χ2v) is 32.8. The van der Waals surface area contributed by atoms with Crippen LogP contribution in [0.3, 0.4) is 0 Å². The molecule has 0 bridgehead atoms. The molecule has 4 heteroatoms. The van der Waals surface area contributed by atoms with Gasteiger partial charge in [0.2, 0.25) is 0 Å². The van der Waals surface area contributed by atoms with E-state index in [2.05, 4.69) is 383 Å². The molecule has 104 heavy (non-hydrogen) atoms. The van der Waals surface area contributed by atoms with Crippen LogP contribution < -0.4 is 9.80 Å². The van der Waals surface area contributed by atoms with E-state index in [9.17, 15) is 0 Å². The van der Waals surface area contributed by atoms with Crippen LogP contribution >= 0.6 is 22.2 Å². The molecule has 21 rings (SSSR count). The van der Waals surface area contributed by atoms with Gasteiger partial charge in [0, 0.05) is 80.2 Å². The van der Waals surface area contributed by atoms with Crippen LogP contribution in [0, 0.1) is 0 Å². The molecule has 1 aliphatic heterocycles. The lowest BCUT2D eigenvalue weighted by molar-refractivity contribution is 0.660. The number of fused-ring (bicyclic) bond motifs is 18. The van der Waals surface area contributed by atoms with Crippen LogP contribution in [0.1, 0.15) is 49.9 Å². The van der Waals surface area contributed by atoms with Gasteiger partial charge in [0.1, 0.15) is 0 Å². The number of hydrogen-bond donors (Lipinski definition) is 1. The molecular formula is C100H70N2S2. The smallest absolute Gasteiger partial charge is 0.0543 e. The Morgan fingerprint density at radius 1 is 0.260 bits per heavy atom. The van der Waals surface area contributed by atoms with Crippen molar-refractivity contribution < 1.29 is 0 Å². The number of nitrogens with zero attached hydrogens (tertiary/aromatic N) is 2. The monoisotopic (exact) mass is 1360 g/mol. The van der Waals surface area contributed by atoms with Crippen molar-refractivity contribution in [3.8, 4) is 66.8 Å². The van der Waals surface area contributed by atoms with Gasteiger partial charge >= 0.3 is 0 Å². The number of benzene rings is 17. The molecule has 0 saturated heterocycles. The highest BCUT2D eigenvalue weighted by Crippen LogP contribution is 2.65. The van der Waals surface area contributed by atoms with Crippen LogP contribution in [0.4, 0.5) is 34.1 Å². The number of rotatable bonds is 10. The fraction of sp³-hybridized carbons (Fsp3) is 0.0600. The van der Waals surface area contributed by atoms with E-state index in [0.29, 0.717) is 0 Å². The van der Waals surface area contributed by atoms with Gasteiger partial charge < -0.3 is 9.80 Å². The number of anilines is 6. The van der Waals surface area contributed by atoms with Crippen molar-refractivity contribution in [1.29, 1.82) is 0 Å². The predicted octanol–water partition coefficient (Wildman–Crippen LogP) is 28.7.